The molecule has 0 aliphatic rings. The molecule has 0 fully saturated rings. The third kappa shape index (κ3) is 4.35. The molecule has 0 heterocycles. The maximum absolute atomic E-state index is 5.88. The molecule has 0 aromatic carbocycles. The number of rotatable bonds is 5. The van der Waals surface area contributed by atoms with E-state index in [1.807, 2.05) is 7.05 Å². The van der Waals surface area contributed by atoms with Crippen molar-refractivity contribution < 1.29 is 4.84 Å². The number of hydrogen-bond acceptors (Lipinski definition) is 3. The Bertz CT molecular complexity index is 98.1. The number of hydroxylamine groups is 2. The molecule has 68 valence electrons. The topological polar surface area (TPSA) is 38.5 Å². The second-order valence-electron chi connectivity index (χ2n) is 3.04. The summed E-state index contributed by atoms with van der Waals surface area (Å²) in [5, 5.41) is 1.76. The predicted octanol–water partition coefficient (Wildman–Crippen LogP) is 0.853. The van der Waals surface area contributed by atoms with E-state index in [1.54, 1.807) is 12.2 Å². The van der Waals surface area contributed by atoms with Crippen LogP contribution in [-0.2, 0) is 4.84 Å². The fraction of sp³-hybridized carbons (Fsp3) is 1.00. The van der Waals surface area contributed by atoms with E-state index in [4.69, 9.17) is 10.6 Å². The molecule has 3 heteroatoms. The van der Waals surface area contributed by atoms with Crippen molar-refractivity contribution in [1.82, 2.24) is 5.06 Å². The van der Waals surface area contributed by atoms with Gasteiger partial charge in [-0.15, -0.1) is 0 Å². The lowest BCUT2D eigenvalue weighted by atomic mass is 10.0. The van der Waals surface area contributed by atoms with Crippen molar-refractivity contribution in [3.8, 4) is 0 Å². The third-order valence-corrected chi connectivity index (χ3v) is 2.15. The zero-order valence-electron chi connectivity index (χ0n) is 8.00. The molecule has 2 N–H and O–H groups in total. The monoisotopic (exact) mass is 160 g/mol. The van der Waals surface area contributed by atoms with Crippen LogP contribution in [0.4, 0.5) is 0 Å². The van der Waals surface area contributed by atoms with E-state index < -0.39 is 0 Å². The van der Waals surface area contributed by atoms with E-state index in [-0.39, 0.29) is 6.04 Å². The first-order chi connectivity index (χ1) is 5.11. The Labute approximate surface area is 69.5 Å². The molecule has 0 amide bonds. The van der Waals surface area contributed by atoms with Crippen LogP contribution in [0.5, 0.6) is 0 Å². The summed E-state index contributed by atoms with van der Waals surface area (Å²) in [6.45, 7) is 5.11. The van der Waals surface area contributed by atoms with Gasteiger partial charge in [-0.3, -0.25) is 0 Å². The van der Waals surface area contributed by atoms with Crippen LogP contribution in [-0.4, -0.2) is 31.8 Å². The highest BCUT2D eigenvalue weighted by Gasteiger charge is 2.12. The molecular weight excluding hydrogens is 140 g/mol. The average Bonchev–Trinajstić information content (AvgIpc) is 2.02. The number of likely N-dealkylation sites (N-methyl/N-ethyl adjacent to an activating group) is 1. The fourth-order valence-electron chi connectivity index (χ4n) is 0.854. The van der Waals surface area contributed by atoms with E-state index >= 15 is 0 Å². The van der Waals surface area contributed by atoms with Gasteiger partial charge in [0.15, 0.2) is 0 Å². The molecule has 11 heavy (non-hydrogen) atoms. The summed E-state index contributed by atoms with van der Waals surface area (Å²) in [4.78, 5) is 4.97. The Kier molecular flexibility index (Phi) is 5.46. The quantitative estimate of drug-likeness (QED) is 0.606. The zero-order valence-corrected chi connectivity index (χ0v) is 8.00. The van der Waals surface area contributed by atoms with Crippen LogP contribution in [0.15, 0.2) is 0 Å². The standard InChI is InChI=1S/C8H20N2O/c1-5-7(2)8(9)6-10(3)11-4/h7-8H,5-6,9H2,1-4H3. The Morgan fingerprint density at radius 3 is 2.45 bits per heavy atom. The van der Waals surface area contributed by atoms with E-state index in [2.05, 4.69) is 13.8 Å². The first-order valence-electron chi connectivity index (χ1n) is 4.12. The van der Waals surface area contributed by atoms with Crippen molar-refractivity contribution in [3.05, 3.63) is 0 Å². The molecule has 0 aromatic rings. The molecule has 0 aromatic heterocycles. The van der Waals surface area contributed by atoms with Crippen LogP contribution in [0.2, 0.25) is 0 Å². The molecule has 0 saturated carbocycles. The minimum atomic E-state index is 0.213. The molecule has 0 radical (unpaired) electrons. The number of nitrogens with zero attached hydrogens (tertiary/aromatic N) is 1. The smallest absolute Gasteiger partial charge is 0.0575 e. The van der Waals surface area contributed by atoms with Gasteiger partial charge in [0, 0.05) is 19.6 Å². The van der Waals surface area contributed by atoms with Gasteiger partial charge in [-0.2, -0.15) is 5.06 Å². The molecular formula is C8H20N2O. The van der Waals surface area contributed by atoms with Gasteiger partial charge in [-0.05, 0) is 5.92 Å². The normalized spacial score (nSPS) is 16.9. The lowest BCUT2D eigenvalue weighted by molar-refractivity contribution is -0.114. The largest absolute Gasteiger partial charge is 0.326 e. The molecule has 0 saturated heterocycles. The molecule has 0 aliphatic heterocycles. The summed E-state index contributed by atoms with van der Waals surface area (Å²) >= 11 is 0. The van der Waals surface area contributed by atoms with E-state index in [0.717, 1.165) is 13.0 Å². The molecule has 0 spiro atoms. The fourth-order valence-corrected chi connectivity index (χ4v) is 0.854. The summed E-state index contributed by atoms with van der Waals surface area (Å²) in [7, 11) is 3.55. The first kappa shape index (κ1) is 10.9. The third-order valence-electron chi connectivity index (χ3n) is 2.15. The Hall–Kier alpha value is -0.120. The lowest BCUT2D eigenvalue weighted by Gasteiger charge is -2.22. The average molecular weight is 160 g/mol. The summed E-state index contributed by atoms with van der Waals surface area (Å²) in [6.07, 6.45) is 1.12. The van der Waals surface area contributed by atoms with E-state index in [0.29, 0.717) is 5.92 Å². The minimum absolute atomic E-state index is 0.213. The summed E-state index contributed by atoms with van der Waals surface area (Å²) in [6, 6.07) is 0.213. The van der Waals surface area contributed by atoms with Crippen LogP contribution >= 0.6 is 0 Å². The van der Waals surface area contributed by atoms with Crippen LogP contribution < -0.4 is 5.73 Å². The van der Waals surface area contributed by atoms with Gasteiger partial charge in [0.1, 0.15) is 0 Å². The molecule has 3 nitrogen and oxygen atoms in total. The first-order valence-corrected chi connectivity index (χ1v) is 4.12. The Balaban J connectivity index is 3.58. The van der Waals surface area contributed by atoms with Gasteiger partial charge in [-0.1, -0.05) is 20.3 Å². The zero-order chi connectivity index (χ0) is 8.85. The van der Waals surface area contributed by atoms with Gasteiger partial charge in [0.25, 0.3) is 0 Å². The number of nitrogens with two attached hydrogens (primary N) is 1. The Morgan fingerprint density at radius 1 is 1.55 bits per heavy atom. The molecule has 0 rings (SSSR count). The highest BCUT2D eigenvalue weighted by Crippen LogP contribution is 2.05. The van der Waals surface area contributed by atoms with Crippen LogP contribution in [0, 0.1) is 5.92 Å². The molecule has 2 atom stereocenters. The lowest BCUT2D eigenvalue weighted by Crippen LogP contribution is -2.39. The van der Waals surface area contributed by atoms with Crippen LogP contribution in [0.3, 0.4) is 0 Å². The summed E-state index contributed by atoms with van der Waals surface area (Å²) in [5.41, 5.74) is 5.88. The van der Waals surface area contributed by atoms with E-state index in [1.165, 1.54) is 0 Å². The second kappa shape index (κ2) is 5.52. The van der Waals surface area contributed by atoms with E-state index in [9.17, 15) is 0 Å². The Morgan fingerprint density at radius 2 is 2.09 bits per heavy atom. The van der Waals surface area contributed by atoms with Crippen molar-refractivity contribution in [2.75, 3.05) is 20.7 Å². The van der Waals surface area contributed by atoms with Crippen molar-refractivity contribution in [3.63, 3.8) is 0 Å². The minimum Gasteiger partial charge on any atom is -0.326 e. The van der Waals surface area contributed by atoms with Crippen LogP contribution in [0.1, 0.15) is 20.3 Å². The maximum atomic E-state index is 5.88. The predicted molar refractivity (Wildman–Crippen MR) is 47.1 cm³/mol. The van der Waals surface area contributed by atoms with Gasteiger partial charge in [-0.25, -0.2) is 0 Å². The van der Waals surface area contributed by atoms with Crippen molar-refractivity contribution in [2.45, 2.75) is 26.3 Å². The van der Waals surface area contributed by atoms with Gasteiger partial charge >= 0.3 is 0 Å². The van der Waals surface area contributed by atoms with Gasteiger partial charge in [0.2, 0.25) is 0 Å². The highest BCUT2D eigenvalue weighted by atomic mass is 16.7. The van der Waals surface area contributed by atoms with Gasteiger partial charge < -0.3 is 10.6 Å². The summed E-state index contributed by atoms with van der Waals surface area (Å²) in [5.74, 6) is 0.563. The maximum Gasteiger partial charge on any atom is 0.0575 e. The molecule has 2 unspecified atom stereocenters. The highest BCUT2D eigenvalue weighted by molar-refractivity contribution is 4.68. The SMILES string of the molecule is CCC(C)C(N)CN(C)OC. The van der Waals surface area contributed by atoms with Crippen molar-refractivity contribution >= 4 is 0 Å². The van der Waals surface area contributed by atoms with Gasteiger partial charge in [0.05, 0.1) is 7.11 Å². The number of hydrogen-bond donors (Lipinski definition) is 1. The van der Waals surface area contributed by atoms with Crippen molar-refractivity contribution in [2.24, 2.45) is 11.7 Å². The second-order valence-corrected chi connectivity index (χ2v) is 3.04. The summed E-state index contributed by atoms with van der Waals surface area (Å²) < 4.78 is 0. The van der Waals surface area contributed by atoms with Crippen molar-refractivity contribution in [1.29, 1.82) is 0 Å². The molecule has 0 aliphatic carbocycles. The molecule has 0 bridgehead atoms. The van der Waals surface area contributed by atoms with Crippen LogP contribution in [0.25, 0.3) is 0 Å².